The average Bonchev–Trinajstić information content (AvgIpc) is 2.51. The third-order valence-corrected chi connectivity index (χ3v) is 0.942. The Morgan fingerprint density at radius 1 is 1.78 bits per heavy atom. The third-order valence-electron chi connectivity index (χ3n) is 0.942. The van der Waals surface area contributed by atoms with Crippen molar-refractivity contribution in [2.24, 2.45) is 0 Å². The fourth-order valence-corrected chi connectivity index (χ4v) is 0.447. The summed E-state index contributed by atoms with van der Waals surface area (Å²) in [5, 5.41) is 0. The molecule has 1 aliphatic heterocycles. The van der Waals surface area contributed by atoms with Gasteiger partial charge in [-0.25, -0.2) is 0 Å². The van der Waals surface area contributed by atoms with Crippen LogP contribution in [0.15, 0.2) is 12.7 Å². The summed E-state index contributed by atoms with van der Waals surface area (Å²) in [5.41, 5.74) is 0. The fourth-order valence-electron chi connectivity index (χ4n) is 0.447. The zero-order valence-corrected chi connectivity index (χ0v) is 5.51. The maximum Gasteiger partial charge on any atom is 0.104 e. The van der Waals surface area contributed by atoms with E-state index in [0.717, 1.165) is 13.2 Å². The summed E-state index contributed by atoms with van der Waals surface area (Å²) in [5.74, 6) is 0. The van der Waals surface area contributed by atoms with E-state index in [2.05, 4.69) is 6.58 Å². The molecule has 0 aliphatic carbocycles. The minimum absolute atomic E-state index is 0. The van der Waals surface area contributed by atoms with Crippen molar-refractivity contribution in [3.05, 3.63) is 12.7 Å². The van der Waals surface area contributed by atoms with Crippen molar-refractivity contribution < 1.29 is 9.47 Å². The van der Waals surface area contributed by atoms with Crippen molar-refractivity contribution in [3.8, 4) is 0 Å². The topological polar surface area (TPSA) is 56.8 Å². The van der Waals surface area contributed by atoms with Gasteiger partial charge in [0.25, 0.3) is 0 Å². The van der Waals surface area contributed by atoms with Crippen LogP contribution in [0.25, 0.3) is 0 Å². The van der Waals surface area contributed by atoms with Crippen LogP contribution in [0.2, 0.25) is 0 Å². The molecule has 0 saturated carbocycles. The van der Waals surface area contributed by atoms with Gasteiger partial charge in [-0.3, -0.25) is 0 Å². The number of hydrogen-bond donors (Lipinski definition) is 1. The molecule has 3 heteroatoms. The van der Waals surface area contributed by atoms with E-state index in [1.54, 1.807) is 6.08 Å². The van der Waals surface area contributed by atoms with Gasteiger partial charge in [0.15, 0.2) is 0 Å². The van der Waals surface area contributed by atoms with Crippen LogP contribution in [0.1, 0.15) is 0 Å². The molecule has 0 aromatic rings. The molecule has 0 aromatic heterocycles. The molecule has 1 aliphatic rings. The molecule has 1 saturated heterocycles. The van der Waals surface area contributed by atoms with Crippen LogP contribution in [-0.4, -0.2) is 25.9 Å². The first-order chi connectivity index (χ1) is 3.93. The van der Waals surface area contributed by atoms with Gasteiger partial charge in [-0.05, 0) is 0 Å². The average molecular weight is 131 g/mol. The van der Waals surface area contributed by atoms with Crippen LogP contribution < -0.4 is 6.15 Å². The van der Waals surface area contributed by atoms with E-state index in [4.69, 9.17) is 9.47 Å². The van der Waals surface area contributed by atoms with Crippen LogP contribution >= 0.6 is 0 Å². The van der Waals surface area contributed by atoms with Gasteiger partial charge in [0, 0.05) is 0 Å². The van der Waals surface area contributed by atoms with Crippen LogP contribution in [0.3, 0.4) is 0 Å². The zero-order valence-electron chi connectivity index (χ0n) is 5.51. The molecule has 0 amide bonds. The van der Waals surface area contributed by atoms with Crippen molar-refractivity contribution in [2.75, 3.05) is 19.8 Å². The first kappa shape index (κ1) is 8.62. The maximum atomic E-state index is 5.06. The second kappa shape index (κ2) is 4.49. The summed E-state index contributed by atoms with van der Waals surface area (Å²) in [6, 6.07) is 0. The first-order valence-electron chi connectivity index (χ1n) is 2.73. The second-order valence-corrected chi connectivity index (χ2v) is 1.78. The standard InChI is InChI=1S/C6H10O2.H3N/c1-2-3-7-4-6-5-8-6;/h2,6H,1,3-5H2;1H3. The Hall–Kier alpha value is -0.380. The summed E-state index contributed by atoms with van der Waals surface area (Å²) in [7, 11) is 0. The fraction of sp³-hybridized carbons (Fsp3) is 0.667. The van der Waals surface area contributed by atoms with Gasteiger partial charge < -0.3 is 15.6 Å². The predicted molar refractivity (Wildman–Crippen MR) is 35.8 cm³/mol. The number of epoxide rings is 1. The van der Waals surface area contributed by atoms with Crippen LogP contribution in [0.4, 0.5) is 0 Å². The highest BCUT2D eigenvalue weighted by atomic mass is 16.6. The van der Waals surface area contributed by atoms with Crippen molar-refractivity contribution in [2.45, 2.75) is 6.10 Å². The van der Waals surface area contributed by atoms with Gasteiger partial charge >= 0.3 is 0 Å². The Bertz CT molecular complexity index is 81.1. The lowest BCUT2D eigenvalue weighted by atomic mass is 10.5. The van der Waals surface area contributed by atoms with Crippen molar-refractivity contribution >= 4 is 0 Å². The van der Waals surface area contributed by atoms with Crippen LogP contribution in [0, 0.1) is 0 Å². The van der Waals surface area contributed by atoms with E-state index in [1.807, 2.05) is 0 Å². The lowest BCUT2D eigenvalue weighted by Crippen LogP contribution is -2.00. The molecule has 9 heavy (non-hydrogen) atoms. The summed E-state index contributed by atoms with van der Waals surface area (Å²) >= 11 is 0. The lowest BCUT2D eigenvalue weighted by molar-refractivity contribution is 0.141. The molecule has 1 fully saturated rings. The Balaban J connectivity index is 0.000000640. The lowest BCUT2D eigenvalue weighted by Gasteiger charge is -1.92. The monoisotopic (exact) mass is 131 g/mol. The van der Waals surface area contributed by atoms with E-state index in [1.165, 1.54) is 0 Å². The minimum Gasteiger partial charge on any atom is -0.375 e. The molecule has 1 atom stereocenters. The van der Waals surface area contributed by atoms with Gasteiger partial charge in [-0.15, -0.1) is 6.58 Å². The molecule has 0 spiro atoms. The van der Waals surface area contributed by atoms with Gasteiger partial charge in [-0.2, -0.15) is 0 Å². The van der Waals surface area contributed by atoms with Gasteiger partial charge in [0.2, 0.25) is 0 Å². The minimum atomic E-state index is 0. The van der Waals surface area contributed by atoms with Gasteiger partial charge in [-0.1, -0.05) is 6.08 Å². The molecule has 1 rings (SSSR count). The number of rotatable bonds is 4. The third kappa shape index (κ3) is 4.14. The Morgan fingerprint density at radius 3 is 2.89 bits per heavy atom. The van der Waals surface area contributed by atoms with Crippen molar-refractivity contribution in [1.29, 1.82) is 0 Å². The Morgan fingerprint density at radius 2 is 2.44 bits per heavy atom. The van der Waals surface area contributed by atoms with E-state index in [9.17, 15) is 0 Å². The van der Waals surface area contributed by atoms with E-state index in [-0.39, 0.29) is 6.15 Å². The van der Waals surface area contributed by atoms with Crippen LogP contribution in [0.5, 0.6) is 0 Å². The molecule has 1 unspecified atom stereocenters. The largest absolute Gasteiger partial charge is 0.375 e. The SMILES string of the molecule is C=CCOCC1CO1.N. The number of hydrogen-bond acceptors (Lipinski definition) is 3. The van der Waals surface area contributed by atoms with E-state index >= 15 is 0 Å². The van der Waals surface area contributed by atoms with Crippen LogP contribution in [-0.2, 0) is 9.47 Å². The molecular formula is C6H13NO2. The highest BCUT2D eigenvalue weighted by molar-refractivity contribution is 4.70. The molecule has 0 bridgehead atoms. The smallest absolute Gasteiger partial charge is 0.104 e. The number of ether oxygens (including phenoxy) is 2. The molecule has 0 radical (unpaired) electrons. The highest BCUT2D eigenvalue weighted by Gasteiger charge is 2.21. The molecule has 3 nitrogen and oxygen atoms in total. The van der Waals surface area contributed by atoms with Gasteiger partial charge in [0.05, 0.1) is 19.8 Å². The molecular weight excluding hydrogens is 118 g/mol. The summed E-state index contributed by atoms with van der Waals surface area (Å²) in [4.78, 5) is 0. The predicted octanol–water partition coefficient (Wildman–Crippen LogP) is 0.750. The normalized spacial score (nSPS) is 22.4. The van der Waals surface area contributed by atoms with Crippen molar-refractivity contribution in [1.82, 2.24) is 6.15 Å². The summed E-state index contributed by atoms with van der Waals surface area (Å²) in [6.45, 7) is 5.75. The first-order valence-corrected chi connectivity index (χ1v) is 2.73. The van der Waals surface area contributed by atoms with Gasteiger partial charge in [0.1, 0.15) is 6.10 Å². The quantitative estimate of drug-likeness (QED) is 0.348. The summed E-state index contributed by atoms with van der Waals surface area (Å²) in [6.07, 6.45) is 2.12. The Kier molecular flexibility index (Phi) is 4.30. The van der Waals surface area contributed by atoms with Crippen molar-refractivity contribution in [3.63, 3.8) is 0 Å². The summed E-state index contributed by atoms with van der Waals surface area (Å²) < 4.78 is 9.96. The zero-order chi connectivity index (χ0) is 5.82. The Labute approximate surface area is 55.2 Å². The van der Waals surface area contributed by atoms with E-state index in [0.29, 0.717) is 12.7 Å². The van der Waals surface area contributed by atoms with E-state index < -0.39 is 0 Å². The second-order valence-electron chi connectivity index (χ2n) is 1.78. The molecule has 1 heterocycles. The molecule has 3 N–H and O–H groups in total. The highest BCUT2D eigenvalue weighted by Crippen LogP contribution is 2.07. The molecule has 0 aromatic carbocycles. The molecule has 54 valence electrons. The maximum absolute atomic E-state index is 5.06.